The first-order valence-electron chi connectivity index (χ1n) is 6.72. The summed E-state index contributed by atoms with van der Waals surface area (Å²) in [5.74, 6) is -0.370. The van der Waals surface area contributed by atoms with Crippen molar-refractivity contribution in [2.24, 2.45) is 5.92 Å². The number of carboxylic acids is 1. The smallest absolute Gasteiger partial charge is 0.323 e. The molecule has 1 N–H and O–H groups in total. The van der Waals surface area contributed by atoms with Gasteiger partial charge in [-0.25, -0.2) is 0 Å². The molecule has 122 valence electrons. The van der Waals surface area contributed by atoms with Crippen LogP contribution in [0.5, 0.6) is 11.5 Å². The Bertz CT molecular complexity index is 559. The maximum absolute atomic E-state index is 12.6. The fourth-order valence-corrected chi connectivity index (χ4v) is 2.65. The first-order valence-corrected chi connectivity index (χ1v) is 7.52. The number of ether oxygens (including phenoxy) is 2. The SMILES string of the molecule is COc1cc(C(=O)N(CC(=O)O)CC(C)C)cc(Br)c1OC. The van der Waals surface area contributed by atoms with Crippen molar-refractivity contribution >= 4 is 27.8 Å². The van der Waals surface area contributed by atoms with Crippen LogP contribution < -0.4 is 9.47 Å². The minimum Gasteiger partial charge on any atom is -0.493 e. The minimum absolute atomic E-state index is 0.159. The zero-order valence-electron chi connectivity index (χ0n) is 13.1. The quantitative estimate of drug-likeness (QED) is 0.794. The monoisotopic (exact) mass is 373 g/mol. The van der Waals surface area contributed by atoms with E-state index in [0.29, 0.717) is 28.1 Å². The number of benzene rings is 1. The summed E-state index contributed by atoms with van der Waals surface area (Å²) < 4.78 is 11.0. The maximum Gasteiger partial charge on any atom is 0.323 e. The average molecular weight is 374 g/mol. The van der Waals surface area contributed by atoms with E-state index in [1.54, 1.807) is 12.1 Å². The molecule has 22 heavy (non-hydrogen) atoms. The summed E-state index contributed by atoms with van der Waals surface area (Å²) in [5, 5.41) is 8.98. The normalized spacial score (nSPS) is 10.5. The third-order valence-electron chi connectivity index (χ3n) is 2.88. The second-order valence-electron chi connectivity index (χ2n) is 5.17. The lowest BCUT2D eigenvalue weighted by atomic mass is 10.1. The summed E-state index contributed by atoms with van der Waals surface area (Å²) in [6.07, 6.45) is 0. The van der Waals surface area contributed by atoms with Crippen molar-refractivity contribution in [1.82, 2.24) is 4.90 Å². The van der Waals surface area contributed by atoms with E-state index in [1.165, 1.54) is 19.1 Å². The van der Waals surface area contributed by atoms with Gasteiger partial charge in [0.15, 0.2) is 11.5 Å². The van der Waals surface area contributed by atoms with E-state index in [0.717, 1.165) is 0 Å². The van der Waals surface area contributed by atoms with Gasteiger partial charge in [0.2, 0.25) is 0 Å². The molecular weight excluding hydrogens is 354 g/mol. The van der Waals surface area contributed by atoms with Crippen LogP contribution in [-0.2, 0) is 4.79 Å². The van der Waals surface area contributed by atoms with Gasteiger partial charge in [0, 0.05) is 12.1 Å². The van der Waals surface area contributed by atoms with Gasteiger partial charge in [-0.05, 0) is 34.0 Å². The fourth-order valence-electron chi connectivity index (χ4n) is 2.05. The van der Waals surface area contributed by atoms with Crippen molar-refractivity contribution in [3.8, 4) is 11.5 Å². The largest absolute Gasteiger partial charge is 0.493 e. The Hall–Kier alpha value is -1.76. The molecule has 0 heterocycles. The van der Waals surface area contributed by atoms with Crippen LogP contribution in [0.2, 0.25) is 0 Å². The van der Waals surface area contributed by atoms with Crippen molar-refractivity contribution in [3.05, 3.63) is 22.2 Å². The number of nitrogens with zero attached hydrogens (tertiary/aromatic N) is 1. The van der Waals surface area contributed by atoms with E-state index in [4.69, 9.17) is 14.6 Å². The van der Waals surface area contributed by atoms with Gasteiger partial charge in [0.25, 0.3) is 5.91 Å². The molecule has 1 rings (SSSR count). The van der Waals surface area contributed by atoms with Crippen LogP contribution in [0.3, 0.4) is 0 Å². The van der Waals surface area contributed by atoms with Gasteiger partial charge in [0.05, 0.1) is 18.7 Å². The lowest BCUT2D eigenvalue weighted by Crippen LogP contribution is -2.38. The summed E-state index contributed by atoms with van der Waals surface area (Å²) in [5.41, 5.74) is 0.339. The van der Waals surface area contributed by atoms with Gasteiger partial charge in [-0.2, -0.15) is 0 Å². The summed E-state index contributed by atoms with van der Waals surface area (Å²) in [7, 11) is 2.97. The van der Waals surface area contributed by atoms with Crippen LogP contribution in [0.4, 0.5) is 0 Å². The molecule has 0 aliphatic rings. The maximum atomic E-state index is 12.6. The highest BCUT2D eigenvalue weighted by molar-refractivity contribution is 9.10. The van der Waals surface area contributed by atoms with Crippen LogP contribution in [0.25, 0.3) is 0 Å². The Morgan fingerprint density at radius 3 is 2.36 bits per heavy atom. The van der Waals surface area contributed by atoms with Gasteiger partial charge < -0.3 is 19.5 Å². The molecule has 0 atom stereocenters. The van der Waals surface area contributed by atoms with E-state index in [9.17, 15) is 9.59 Å². The third-order valence-corrected chi connectivity index (χ3v) is 3.47. The van der Waals surface area contributed by atoms with Gasteiger partial charge in [-0.1, -0.05) is 13.8 Å². The molecule has 0 saturated carbocycles. The molecule has 1 amide bonds. The summed E-state index contributed by atoms with van der Waals surface area (Å²) in [4.78, 5) is 24.9. The average Bonchev–Trinajstić information content (AvgIpc) is 2.43. The first-order chi connectivity index (χ1) is 10.3. The first kappa shape index (κ1) is 18.3. The highest BCUT2D eigenvalue weighted by Crippen LogP contribution is 2.36. The highest BCUT2D eigenvalue weighted by Gasteiger charge is 2.22. The molecule has 6 nitrogen and oxygen atoms in total. The second-order valence-corrected chi connectivity index (χ2v) is 6.02. The minimum atomic E-state index is -1.05. The lowest BCUT2D eigenvalue weighted by molar-refractivity contribution is -0.137. The van der Waals surface area contributed by atoms with Crippen LogP contribution in [-0.4, -0.2) is 49.2 Å². The number of carbonyl (C=O) groups excluding carboxylic acids is 1. The van der Waals surface area contributed by atoms with E-state index in [1.807, 2.05) is 13.8 Å². The zero-order valence-corrected chi connectivity index (χ0v) is 14.6. The van der Waals surface area contributed by atoms with Crippen LogP contribution >= 0.6 is 15.9 Å². The Morgan fingerprint density at radius 2 is 1.91 bits per heavy atom. The Kier molecular flexibility index (Phi) is 6.67. The van der Waals surface area contributed by atoms with E-state index >= 15 is 0 Å². The summed E-state index contributed by atoms with van der Waals surface area (Å²) >= 11 is 3.33. The summed E-state index contributed by atoms with van der Waals surface area (Å²) in [6.45, 7) is 3.86. The van der Waals surface area contributed by atoms with Crippen molar-refractivity contribution in [3.63, 3.8) is 0 Å². The van der Waals surface area contributed by atoms with E-state index < -0.39 is 5.97 Å². The molecule has 1 aromatic rings. The van der Waals surface area contributed by atoms with Gasteiger partial charge in [0.1, 0.15) is 6.54 Å². The molecule has 0 spiro atoms. The molecule has 0 aliphatic carbocycles. The number of amides is 1. The number of carboxylic acid groups (broad SMARTS) is 1. The van der Waals surface area contributed by atoms with Crippen molar-refractivity contribution in [2.45, 2.75) is 13.8 Å². The number of hydrogen-bond donors (Lipinski definition) is 1. The van der Waals surface area contributed by atoms with Gasteiger partial charge in [-0.3, -0.25) is 9.59 Å². The third kappa shape index (κ3) is 4.62. The lowest BCUT2D eigenvalue weighted by Gasteiger charge is -2.23. The van der Waals surface area contributed by atoms with Crippen LogP contribution in [0.15, 0.2) is 16.6 Å². The number of hydrogen-bond acceptors (Lipinski definition) is 4. The highest BCUT2D eigenvalue weighted by atomic mass is 79.9. The molecular formula is C15H20BrNO5. The molecule has 0 aliphatic heterocycles. The molecule has 0 radical (unpaired) electrons. The van der Waals surface area contributed by atoms with Gasteiger partial charge in [-0.15, -0.1) is 0 Å². The van der Waals surface area contributed by atoms with Crippen LogP contribution in [0, 0.1) is 5.92 Å². The number of aliphatic carboxylic acids is 1. The van der Waals surface area contributed by atoms with Gasteiger partial charge >= 0.3 is 5.97 Å². The van der Waals surface area contributed by atoms with Crippen molar-refractivity contribution in [2.75, 3.05) is 27.3 Å². The molecule has 0 fully saturated rings. The molecule has 1 aromatic carbocycles. The number of carbonyl (C=O) groups is 2. The molecule has 0 aromatic heterocycles. The zero-order chi connectivity index (χ0) is 16.9. The molecule has 0 unspecified atom stereocenters. The predicted octanol–water partition coefficient (Wildman–Crippen LogP) is 2.65. The predicted molar refractivity (Wildman–Crippen MR) is 85.6 cm³/mol. The molecule has 7 heteroatoms. The Morgan fingerprint density at radius 1 is 1.27 bits per heavy atom. The van der Waals surface area contributed by atoms with Crippen molar-refractivity contribution in [1.29, 1.82) is 0 Å². The van der Waals surface area contributed by atoms with Crippen molar-refractivity contribution < 1.29 is 24.2 Å². The number of rotatable bonds is 7. The number of halogens is 1. The Labute approximate surface area is 138 Å². The van der Waals surface area contributed by atoms with Crippen LogP contribution in [0.1, 0.15) is 24.2 Å². The van der Waals surface area contributed by atoms with E-state index in [-0.39, 0.29) is 18.4 Å². The van der Waals surface area contributed by atoms with E-state index in [2.05, 4.69) is 15.9 Å². The number of methoxy groups -OCH3 is 2. The summed E-state index contributed by atoms with van der Waals surface area (Å²) in [6, 6.07) is 3.14. The second kappa shape index (κ2) is 8.03. The topological polar surface area (TPSA) is 76.1 Å². The Balaban J connectivity index is 3.18. The standard InChI is InChI=1S/C15H20BrNO5/c1-9(2)7-17(8-13(18)19)15(20)10-5-11(16)14(22-4)12(6-10)21-3/h5-6,9H,7-8H2,1-4H3,(H,18,19). The fraction of sp³-hybridized carbons (Fsp3) is 0.467. The molecule has 0 saturated heterocycles. The molecule has 0 bridgehead atoms.